The summed E-state index contributed by atoms with van der Waals surface area (Å²) in [5, 5.41) is 4.11. The molecule has 1 aromatic rings. The molecule has 0 aliphatic carbocycles. The summed E-state index contributed by atoms with van der Waals surface area (Å²) in [7, 11) is 0. The number of fused-ring (bicyclic) bond motifs is 1. The Hall–Kier alpha value is -2.62. The first-order chi connectivity index (χ1) is 14.9. The molecule has 164 valence electrons. The first kappa shape index (κ1) is 20.3. The third-order valence-electron chi connectivity index (χ3n) is 7.06. The van der Waals surface area contributed by atoms with Gasteiger partial charge in [-0.15, -0.1) is 0 Å². The number of imide groups is 2. The van der Waals surface area contributed by atoms with E-state index < -0.39 is 23.8 Å². The van der Waals surface area contributed by atoms with Crippen LogP contribution in [0.4, 0.5) is 0 Å². The summed E-state index contributed by atoms with van der Waals surface area (Å²) in [6.07, 6.45) is 2.55. The van der Waals surface area contributed by atoms with Gasteiger partial charge in [0.15, 0.2) is 0 Å². The van der Waals surface area contributed by atoms with Crippen LogP contribution in [0.3, 0.4) is 0 Å². The molecule has 0 aromatic heterocycles. The molecular weight excluding hydrogens is 398 g/mol. The zero-order valence-electron chi connectivity index (χ0n) is 17.4. The maximum absolute atomic E-state index is 13.0. The number of carbonyl (C=O) groups is 4. The second-order valence-corrected chi connectivity index (χ2v) is 9.15. The minimum absolute atomic E-state index is 0.122. The minimum atomic E-state index is -0.923. The van der Waals surface area contributed by atoms with Crippen LogP contribution in [0.5, 0.6) is 0 Å². The maximum atomic E-state index is 13.0. The number of nitrogens with two attached hydrogens (primary N) is 1. The fourth-order valence-electron chi connectivity index (χ4n) is 5.17. The number of piperidine rings is 2. The van der Waals surface area contributed by atoms with E-state index in [0.717, 1.165) is 56.0 Å². The van der Waals surface area contributed by atoms with Crippen LogP contribution in [0.2, 0.25) is 0 Å². The molecule has 0 spiro atoms. The second-order valence-electron chi connectivity index (χ2n) is 9.15. The molecule has 4 aliphatic heterocycles. The number of rotatable bonds is 4. The Bertz CT molecular complexity index is 949. The first-order valence-corrected chi connectivity index (χ1v) is 11.0. The molecule has 1 aromatic carbocycles. The fraction of sp³-hybridized carbons (Fsp3) is 0.545. The molecule has 4 heterocycles. The Morgan fingerprint density at radius 1 is 0.968 bits per heavy atom. The zero-order valence-corrected chi connectivity index (χ0v) is 17.4. The van der Waals surface area contributed by atoms with E-state index in [-0.39, 0.29) is 18.7 Å². The van der Waals surface area contributed by atoms with Crippen LogP contribution in [0.1, 0.15) is 57.9 Å². The molecule has 0 bridgehead atoms. The van der Waals surface area contributed by atoms with Crippen molar-refractivity contribution in [2.45, 2.75) is 37.6 Å². The van der Waals surface area contributed by atoms with Gasteiger partial charge in [-0.3, -0.25) is 35.2 Å². The highest BCUT2D eigenvalue weighted by Gasteiger charge is 2.45. The third kappa shape index (κ3) is 3.66. The SMILES string of the molecule is NN1CCC(CN2CC(c3ccc4c(c3)C(=O)N(C3CCC(=O)NC3=O)C4=O)C2)CC1. The maximum Gasteiger partial charge on any atom is 0.262 e. The second kappa shape index (κ2) is 7.81. The number of amides is 4. The van der Waals surface area contributed by atoms with Gasteiger partial charge in [0, 0.05) is 45.1 Å². The Balaban J connectivity index is 1.24. The van der Waals surface area contributed by atoms with Gasteiger partial charge in [0.2, 0.25) is 11.8 Å². The number of nitrogens with zero attached hydrogens (tertiary/aromatic N) is 3. The average Bonchev–Trinajstić information content (AvgIpc) is 2.96. The minimum Gasteiger partial charge on any atom is -0.302 e. The monoisotopic (exact) mass is 425 g/mol. The summed E-state index contributed by atoms with van der Waals surface area (Å²) in [4.78, 5) is 52.9. The van der Waals surface area contributed by atoms with Crippen LogP contribution in [-0.4, -0.2) is 77.2 Å². The topological polar surface area (TPSA) is 116 Å². The molecule has 3 fully saturated rings. The molecule has 1 atom stereocenters. The van der Waals surface area contributed by atoms with E-state index >= 15 is 0 Å². The van der Waals surface area contributed by atoms with E-state index in [4.69, 9.17) is 5.84 Å². The van der Waals surface area contributed by atoms with Crippen molar-refractivity contribution in [3.8, 4) is 0 Å². The summed E-state index contributed by atoms with van der Waals surface area (Å²) in [5.41, 5.74) is 1.75. The van der Waals surface area contributed by atoms with E-state index in [2.05, 4.69) is 10.2 Å². The van der Waals surface area contributed by atoms with Crippen molar-refractivity contribution in [3.63, 3.8) is 0 Å². The van der Waals surface area contributed by atoms with E-state index in [1.165, 1.54) is 0 Å². The number of hydrazine groups is 1. The molecule has 4 aliphatic rings. The van der Waals surface area contributed by atoms with Crippen molar-refractivity contribution in [2.75, 3.05) is 32.7 Å². The highest BCUT2D eigenvalue weighted by molar-refractivity contribution is 6.23. The summed E-state index contributed by atoms with van der Waals surface area (Å²) in [5.74, 6) is 5.01. The van der Waals surface area contributed by atoms with Gasteiger partial charge in [0.25, 0.3) is 11.8 Å². The molecule has 0 saturated carbocycles. The van der Waals surface area contributed by atoms with Gasteiger partial charge in [-0.25, -0.2) is 5.01 Å². The number of hydrogen-bond donors (Lipinski definition) is 2. The van der Waals surface area contributed by atoms with Crippen molar-refractivity contribution < 1.29 is 19.2 Å². The van der Waals surface area contributed by atoms with Crippen LogP contribution in [0, 0.1) is 5.92 Å². The zero-order chi connectivity index (χ0) is 21.7. The lowest BCUT2D eigenvalue weighted by Crippen LogP contribution is -2.54. The number of carbonyl (C=O) groups excluding carboxylic acids is 4. The molecule has 3 N–H and O–H groups in total. The molecular formula is C22H27N5O4. The summed E-state index contributed by atoms with van der Waals surface area (Å²) >= 11 is 0. The summed E-state index contributed by atoms with van der Waals surface area (Å²) in [6, 6.07) is 4.52. The Labute approximate surface area is 180 Å². The lowest BCUT2D eigenvalue weighted by atomic mass is 9.87. The van der Waals surface area contributed by atoms with Crippen LogP contribution >= 0.6 is 0 Å². The van der Waals surface area contributed by atoms with Crippen molar-refractivity contribution in [1.29, 1.82) is 0 Å². The van der Waals surface area contributed by atoms with Gasteiger partial charge in [0.1, 0.15) is 6.04 Å². The van der Waals surface area contributed by atoms with Gasteiger partial charge in [-0.1, -0.05) is 6.07 Å². The lowest BCUT2D eigenvalue weighted by molar-refractivity contribution is -0.136. The normalized spacial score (nSPS) is 26.2. The van der Waals surface area contributed by atoms with Crippen molar-refractivity contribution in [3.05, 3.63) is 34.9 Å². The molecule has 0 radical (unpaired) electrons. The molecule has 5 rings (SSSR count). The predicted molar refractivity (Wildman–Crippen MR) is 111 cm³/mol. The van der Waals surface area contributed by atoms with Crippen LogP contribution < -0.4 is 11.2 Å². The van der Waals surface area contributed by atoms with Crippen LogP contribution in [-0.2, 0) is 9.59 Å². The van der Waals surface area contributed by atoms with Gasteiger partial charge < -0.3 is 4.90 Å². The standard InChI is InChI=1S/C22H27N5O4/c23-26-7-5-13(6-8-26)10-25-11-15(12-25)14-1-2-16-17(9-14)22(31)27(21(16)30)18-3-4-19(28)24-20(18)29/h1-2,9,13,15,18H,3-8,10-12,23H2,(H,24,28,29). The number of likely N-dealkylation sites (tertiary alicyclic amines) is 1. The summed E-state index contributed by atoms with van der Waals surface area (Å²) in [6.45, 7) is 4.87. The van der Waals surface area contributed by atoms with Gasteiger partial charge in [0.05, 0.1) is 11.1 Å². The first-order valence-electron chi connectivity index (χ1n) is 11.0. The molecule has 1 unspecified atom stereocenters. The summed E-state index contributed by atoms with van der Waals surface area (Å²) < 4.78 is 0. The van der Waals surface area contributed by atoms with Gasteiger partial charge in [-0.2, -0.15) is 0 Å². The lowest BCUT2D eigenvalue weighted by Gasteiger charge is -2.42. The highest BCUT2D eigenvalue weighted by atomic mass is 16.2. The molecule has 9 nitrogen and oxygen atoms in total. The van der Waals surface area contributed by atoms with E-state index in [1.807, 2.05) is 17.1 Å². The number of benzene rings is 1. The quantitative estimate of drug-likeness (QED) is 0.518. The molecule has 4 amide bonds. The largest absolute Gasteiger partial charge is 0.302 e. The predicted octanol–water partition coefficient (Wildman–Crippen LogP) is 0.0727. The Kier molecular flexibility index (Phi) is 5.11. The van der Waals surface area contributed by atoms with Crippen LogP contribution in [0.25, 0.3) is 0 Å². The Morgan fingerprint density at radius 2 is 1.68 bits per heavy atom. The average molecular weight is 425 g/mol. The number of hydrogen-bond acceptors (Lipinski definition) is 7. The van der Waals surface area contributed by atoms with E-state index in [1.54, 1.807) is 6.07 Å². The van der Waals surface area contributed by atoms with Crippen molar-refractivity contribution >= 4 is 23.6 Å². The molecule has 31 heavy (non-hydrogen) atoms. The fourth-order valence-corrected chi connectivity index (χ4v) is 5.17. The van der Waals surface area contributed by atoms with Crippen molar-refractivity contribution in [1.82, 2.24) is 20.1 Å². The van der Waals surface area contributed by atoms with Crippen LogP contribution in [0.15, 0.2) is 18.2 Å². The molecule has 9 heteroatoms. The smallest absolute Gasteiger partial charge is 0.262 e. The van der Waals surface area contributed by atoms with Gasteiger partial charge >= 0.3 is 0 Å². The number of nitrogens with one attached hydrogen (secondary N) is 1. The van der Waals surface area contributed by atoms with Crippen molar-refractivity contribution in [2.24, 2.45) is 11.8 Å². The highest BCUT2D eigenvalue weighted by Crippen LogP contribution is 2.34. The van der Waals surface area contributed by atoms with E-state index in [9.17, 15) is 19.2 Å². The molecule has 3 saturated heterocycles. The van der Waals surface area contributed by atoms with E-state index in [0.29, 0.717) is 23.0 Å². The van der Waals surface area contributed by atoms with Gasteiger partial charge in [-0.05, 0) is 42.9 Å². The Morgan fingerprint density at radius 3 is 2.39 bits per heavy atom. The third-order valence-corrected chi connectivity index (χ3v) is 7.06.